The molecule has 170 valence electrons. The number of pyridine rings is 1. The Kier molecular flexibility index (Phi) is 5.36. The third-order valence-electron chi connectivity index (χ3n) is 5.04. The molecule has 2 amide bonds. The number of amides is 2. The fraction of sp³-hybridized carbons (Fsp3) is 0.190. The van der Waals surface area contributed by atoms with Gasteiger partial charge >= 0.3 is 6.18 Å². The summed E-state index contributed by atoms with van der Waals surface area (Å²) in [4.78, 5) is 29.9. The summed E-state index contributed by atoms with van der Waals surface area (Å²) in [5.74, 6) is -1.33. The first-order chi connectivity index (χ1) is 15.6. The van der Waals surface area contributed by atoms with Crippen molar-refractivity contribution in [3.63, 3.8) is 0 Å². The van der Waals surface area contributed by atoms with Crippen molar-refractivity contribution in [2.45, 2.75) is 20.0 Å². The minimum Gasteiger partial charge on any atom is -0.355 e. The fourth-order valence-corrected chi connectivity index (χ4v) is 3.47. The molecule has 3 aromatic heterocycles. The van der Waals surface area contributed by atoms with Crippen LogP contribution in [0, 0.1) is 13.8 Å². The number of hydrogen-bond donors (Lipinski definition) is 3. The van der Waals surface area contributed by atoms with Crippen LogP contribution in [-0.4, -0.2) is 43.8 Å². The third-order valence-corrected chi connectivity index (χ3v) is 5.04. The number of halogens is 3. The van der Waals surface area contributed by atoms with Crippen molar-refractivity contribution >= 4 is 28.4 Å². The van der Waals surface area contributed by atoms with Crippen molar-refractivity contribution in [2.24, 2.45) is 0 Å². The van der Waals surface area contributed by atoms with Gasteiger partial charge in [-0.15, -0.1) is 0 Å². The zero-order valence-corrected chi connectivity index (χ0v) is 17.7. The van der Waals surface area contributed by atoms with E-state index in [-0.39, 0.29) is 17.1 Å². The van der Waals surface area contributed by atoms with Crippen molar-refractivity contribution in [3.05, 3.63) is 64.7 Å². The van der Waals surface area contributed by atoms with Crippen molar-refractivity contribution in [3.8, 4) is 5.82 Å². The van der Waals surface area contributed by atoms with E-state index in [2.05, 4.69) is 30.9 Å². The van der Waals surface area contributed by atoms with Gasteiger partial charge in [0.2, 0.25) is 0 Å². The lowest BCUT2D eigenvalue weighted by Gasteiger charge is -2.15. The molecule has 0 fully saturated rings. The standard InChI is InChI=1S/C21H18F3N7O2/c1-10-5-4-6-26-18(10)31-13(8-14(30-31)21(22,23)24)19(32)28-16-11(2)7-12-9-27-29-17(12)15(16)20(33)25-3/h4-9H,1-3H3,(H,25,33)(H,27,29)(H,28,32). The summed E-state index contributed by atoms with van der Waals surface area (Å²) in [5.41, 5.74) is 0.0162. The molecule has 0 spiro atoms. The molecule has 12 heteroatoms. The molecule has 9 nitrogen and oxygen atoms in total. The quantitative estimate of drug-likeness (QED) is 0.434. The number of benzene rings is 1. The van der Waals surface area contributed by atoms with Crippen LogP contribution < -0.4 is 10.6 Å². The minimum atomic E-state index is -4.78. The summed E-state index contributed by atoms with van der Waals surface area (Å²) < 4.78 is 41.1. The number of aryl methyl sites for hydroxylation is 2. The minimum absolute atomic E-state index is 0.0745. The fourth-order valence-electron chi connectivity index (χ4n) is 3.47. The van der Waals surface area contributed by atoms with Crippen LogP contribution in [0.3, 0.4) is 0 Å². The van der Waals surface area contributed by atoms with Crippen LogP contribution in [0.15, 0.2) is 36.7 Å². The average Bonchev–Trinajstić information content (AvgIpc) is 3.41. The van der Waals surface area contributed by atoms with Gasteiger partial charge in [0.25, 0.3) is 11.8 Å². The van der Waals surface area contributed by atoms with E-state index >= 15 is 0 Å². The van der Waals surface area contributed by atoms with Gasteiger partial charge in [-0.1, -0.05) is 6.07 Å². The maximum absolute atomic E-state index is 13.4. The molecule has 0 atom stereocenters. The number of H-pyrrole nitrogens is 1. The smallest absolute Gasteiger partial charge is 0.355 e. The maximum atomic E-state index is 13.4. The number of nitrogens with one attached hydrogen (secondary N) is 3. The Balaban J connectivity index is 1.86. The van der Waals surface area contributed by atoms with Gasteiger partial charge in [-0.05, 0) is 37.1 Å². The van der Waals surface area contributed by atoms with E-state index in [4.69, 9.17) is 0 Å². The molecular formula is C21H18F3N7O2. The maximum Gasteiger partial charge on any atom is 0.435 e. The number of aromatic nitrogens is 5. The number of anilines is 1. The van der Waals surface area contributed by atoms with E-state index in [1.807, 2.05) is 0 Å². The van der Waals surface area contributed by atoms with Gasteiger partial charge in [0.15, 0.2) is 11.5 Å². The van der Waals surface area contributed by atoms with E-state index in [0.717, 1.165) is 4.68 Å². The van der Waals surface area contributed by atoms with Crippen LogP contribution >= 0.6 is 0 Å². The second-order valence-corrected chi connectivity index (χ2v) is 7.28. The highest BCUT2D eigenvalue weighted by molar-refractivity contribution is 6.15. The summed E-state index contributed by atoms with van der Waals surface area (Å²) in [7, 11) is 1.42. The Morgan fingerprint density at radius 1 is 1.12 bits per heavy atom. The van der Waals surface area contributed by atoms with Crippen LogP contribution in [0.2, 0.25) is 0 Å². The van der Waals surface area contributed by atoms with Crippen molar-refractivity contribution < 1.29 is 22.8 Å². The molecule has 0 bridgehead atoms. The van der Waals surface area contributed by atoms with Gasteiger partial charge < -0.3 is 10.6 Å². The predicted molar refractivity (Wildman–Crippen MR) is 113 cm³/mol. The topological polar surface area (TPSA) is 118 Å². The van der Waals surface area contributed by atoms with Crippen LogP contribution in [0.1, 0.15) is 37.7 Å². The Bertz CT molecular complexity index is 1390. The second kappa shape index (κ2) is 8.04. The van der Waals surface area contributed by atoms with E-state index in [9.17, 15) is 22.8 Å². The normalized spacial score (nSPS) is 11.6. The first-order valence-corrected chi connectivity index (χ1v) is 9.71. The molecule has 4 rings (SSSR count). The summed E-state index contributed by atoms with van der Waals surface area (Å²) in [6.45, 7) is 3.30. The Morgan fingerprint density at radius 3 is 2.55 bits per heavy atom. The number of hydrogen-bond acceptors (Lipinski definition) is 5. The third kappa shape index (κ3) is 3.90. The summed E-state index contributed by atoms with van der Waals surface area (Å²) in [6, 6.07) is 5.60. The Morgan fingerprint density at radius 2 is 1.88 bits per heavy atom. The van der Waals surface area contributed by atoms with Crippen LogP contribution in [0.5, 0.6) is 0 Å². The van der Waals surface area contributed by atoms with Gasteiger partial charge in [-0.2, -0.15) is 23.4 Å². The number of alkyl halides is 3. The lowest BCUT2D eigenvalue weighted by molar-refractivity contribution is -0.141. The molecule has 0 aliphatic carbocycles. The van der Waals surface area contributed by atoms with Crippen LogP contribution in [0.25, 0.3) is 16.7 Å². The largest absolute Gasteiger partial charge is 0.435 e. The zero-order chi connectivity index (χ0) is 23.9. The van der Waals surface area contributed by atoms with Gasteiger partial charge in [0.1, 0.15) is 5.69 Å². The molecule has 0 radical (unpaired) electrons. The predicted octanol–water partition coefficient (Wildman–Crippen LogP) is 3.39. The molecule has 1 aromatic carbocycles. The molecule has 33 heavy (non-hydrogen) atoms. The highest BCUT2D eigenvalue weighted by Gasteiger charge is 2.36. The molecule has 0 aliphatic rings. The van der Waals surface area contributed by atoms with Crippen molar-refractivity contribution in [2.75, 3.05) is 12.4 Å². The first kappa shape index (κ1) is 22.0. The molecule has 0 aliphatic heterocycles. The van der Waals surface area contributed by atoms with E-state index in [1.165, 1.54) is 19.4 Å². The van der Waals surface area contributed by atoms with Crippen molar-refractivity contribution in [1.29, 1.82) is 0 Å². The van der Waals surface area contributed by atoms with Gasteiger partial charge in [-0.3, -0.25) is 14.7 Å². The van der Waals surface area contributed by atoms with E-state index in [0.29, 0.717) is 28.1 Å². The van der Waals surface area contributed by atoms with E-state index < -0.39 is 29.4 Å². The Hall–Kier alpha value is -4.22. The number of aromatic amines is 1. The molecule has 0 unspecified atom stereocenters. The molecule has 3 N–H and O–H groups in total. The monoisotopic (exact) mass is 457 g/mol. The molecule has 3 heterocycles. The lowest BCUT2D eigenvalue weighted by Crippen LogP contribution is -2.24. The average molecular weight is 457 g/mol. The zero-order valence-electron chi connectivity index (χ0n) is 17.7. The van der Waals surface area contributed by atoms with Gasteiger partial charge in [0.05, 0.1) is 23.0 Å². The van der Waals surface area contributed by atoms with Gasteiger partial charge in [0, 0.05) is 24.7 Å². The highest BCUT2D eigenvalue weighted by atomic mass is 19.4. The molecule has 0 saturated heterocycles. The number of fused-ring (bicyclic) bond motifs is 1. The summed E-state index contributed by atoms with van der Waals surface area (Å²) in [5, 5.41) is 15.9. The molecular weight excluding hydrogens is 439 g/mol. The number of rotatable bonds is 4. The number of nitrogens with zero attached hydrogens (tertiary/aromatic N) is 4. The van der Waals surface area contributed by atoms with Crippen LogP contribution in [0.4, 0.5) is 18.9 Å². The summed E-state index contributed by atoms with van der Waals surface area (Å²) >= 11 is 0. The molecule has 4 aromatic rings. The van der Waals surface area contributed by atoms with Gasteiger partial charge in [-0.25, -0.2) is 9.67 Å². The second-order valence-electron chi connectivity index (χ2n) is 7.28. The van der Waals surface area contributed by atoms with Crippen molar-refractivity contribution in [1.82, 2.24) is 30.3 Å². The SMILES string of the molecule is CNC(=O)c1c(NC(=O)c2cc(C(F)(F)F)nn2-c2ncccc2C)c(C)cc2cn[nH]c12. The highest BCUT2D eigenvalue weighted by Crippen LogP contribution is 2.32. The number of carbonyl (C=O) groups excluding carboxylic acids is 2. The Labute approximate surface area is 185 Å². The van der Waals surface area contributed by atoms with E-state index in [1.54, 1.807) is 32.0 Å². The summed E-state index contributed by atoms with van der Waals surface area (Å²) in [6.07, 6.45) is -1.87. The first-order valence-electron chi connectivity index (χ1n) is 9.71. The number of carbonyl (C=O) groups is 2. The van der Waals surface area contributed by atoms with Crippen LogP contribution in [-0.2, 0) is 6.18 Å². The lowest BCUT2D eigenvalue weighted by atomic mass is 10.0. The molecule has 0 saturated carbocycles.